The number of carbonyl (C=O) groups excluding carboxylic acids is 4. The first-order valence-corrected chi connectivity index (χ1v) is 9.43. The van der Waals surface area contributed by atoms with Crippen LogP contribution in [0.3, 0.4) is 0 Å². The van der Waals surface area contributed by atoms with Crippen LogP contribution in [0.5, 0.6) is 0 Å². The third kappa shape index (κ3) is 7.38. The molecule has 30 heavy (non-hydrogen) atoms. The summed E-state index contributed by atoms with van der Waals surface area (Å²) in [6, 6.07) is 10.6. The van der Waals surface area contributed by atoms with Crippen LogP contribution in [0.25, 0.3) is 0 Å². The molecule has 0 radical (unpaired) electrons. The van der Waals surface area contributed by atoms with E-state index in [2.05, 4.69) is 15.4 Å². The van der Waals surface area contributed by atoms with Gasteiger partial charge in [-0.05, 0) is 42.5 Å². The minimum Gasteiger partial charge on any atom is -0.465 e. The van der Waals surface area contributed by atoms with Crippen LogP contribution in [0, 0.1) is 0 Å². The summed E-state index contributed by atoms with van der Waals surface area (Å²) in [6.07, 6.45) is -0.372. The molecule has 0 atom stereocenters. The molecular formula is C20H18Cl2N2O6. The van der Waals surface area contributed by atoms with Gasteiger partial charge >= 0.3 is 11.9 Å². The Morgan fingerprint density at radius 2 is 1.60 bits per heavy atom. The Morgan fingerprint density at radius 3 is 2.27 bits per heavy atom. The normalized spacial score (nSPS) is 10.1. The fourth-order valence-electron chi connectivity index (χ4n) is 2.24. The highest BCUT2D eigenvalue weighted by Gasteiger charge is 2.12. The minimum atomic E-state index is -0.710. The zero-order valence-corrected chi connectivity index (χ0v) is 17.4. The molecule has 10 heteroatoms. The van der Waals surface area contributed by atoms with Crippen molar-refractivity contribution >= 4 is 58.3 Å². The molecule has 0 aromatic heterocycles. The van der Waals surface area contributed by atoms with Crippen molar-refractivity contribution in [2.75, 3.05) is 24.4 Å². The second kappa shape index (κ2) is 11.2. The Balaban J connectivity index is 1.72. The molecule has 2 aromatic carbocycles. The van der Waals surface area contributed by atoms with Gasteiger partial charge in [-0.25, -0.2) is 4.79 Å². The highest BCUT2D eigenvalue weighted by atomic mass is 35.5. The first kappa shape index (κ1) is 23.2. The number of anilines is 2. The lowest BCUT2D eigenvalue weighted by Gasteiger charge is -2.08. The number of hydrogen-bond acceptors (Lipinski definition) is 6. The number of benzene rings is 2. The van der Waals surface area contributed by atoms with Crippen molar-refractivity contribution in [3.05, 3.63) is 58.1 Å². The Bertz CT molecular complexity index is 947. The average molecular weight is 453 g/mol. The monoisotopic (exact) mass is 452 g/mol. The fourth-order valence-corrected chi connectivity index (χ4v) is 2.58. The summed E-state index contributed by atoms with van der Waals surface area (Å²) < 4.78 is 9.43. The molecule has 2 N–H and O–H groups in total. The summed E-state index contributed by atoms with van der Waals surface area (Å²) in [7, 11) is 1.27. The van der Waals surface area contributed by atoms with Gasteiger partial charge in [0.2, 0.25) is 5.91 Å². The van der Waals surface area contributed by atoms with Crippen molar-refractivity contribution in [2.45, 2.75) is 12.8 Å². The lowest BCUT2D eigenvalue weighted by atomic mass is 10.2. The van der Waals surface area contributed by atoms with Gasteiger partial charge in [0.15, 0.2) is 6.61 Å². The smallest absolute Gasteiger partial charge is 0.337 e. The third-order valence-corrected chi connectivity index (χ3v) is 4.28. The average Bonchev–Trinajstić information content (AvgIpc) is 2.73. The van der Waals surface area contributed by atoms with Gasteiger partial charge in [-0.3, -0.25) is 14.4 Å². The SMILES string of the molecule is COC(=O)c1ccc(NC(=O)COC(=O)CCC(=O)Nc2cc(Cl)ccc2Cl)cc1. The maximum Gasteiger partial charge on any atom is 0.337 e. The van der Waals surface area contributed by atoms with Crippen molar-refractivity contribution in [1.29, 1.82) is 0 Å². The van der Waals surface area contributed by atoms with Gasteiger partial charge in [0.05, 0.1) is 29.8 Å². The number of rotatable bonds is 8. The van der Waals surface area contributed by atoms with E-state index in [0.29, 0.717) is 27.0 Å². The number of methoxy groups -OCH3 is 1. The highest BCUT2D eigenvalue weighted by molar-refractivity contribution is 6.35. The third-order valence-electron chi connectivity index (χ3n) is 3.71. The number of halogens is 2. The molecule has 0 fully saturated rings. The fraction of sp³-hybridized carbons (Fsp3) is 0.200. The highest BCUT2D eigenvalue weighted by Crippen LogP contribution is 2.25. The van der Waals surface area contributed by atoms with Crippen LogP contribution < -0.4 is 10.6 Å². The van der Waals surface area contributed by atoms with Gasteiger partial charge in [0.25, 0.3) is 5.91 Å². The van der Waals surface area contributed by atoms with Gasteiger partial charge in [-0.1, -0.05) is 23.2 Å². The van der Waals surface area contributed by atoms with Crippen LogP contribution in [-0.4, -0.2) is 37.5 Å². The van der Waals surface area contributed by atoms with E-state index in [0.717, 1.165) is 0 Å². The number of carbonyl (C=O) groups is 4. The van der Waals surface area contributed by atoms with E-state index in [1.807, 2.05) is 0 Å². The summed E-state index contributed by atoms with van der Waals surface area (Å²) in [5.74, 6) is -2.22. The summed E-state index contributed by atoms with van der Waals surface area (Å²) in [5, 5.41) is 5.78. The predicted molar refractivity (Wildman–Crippen MR) is 112 cm³/mol. The van der Waals surface area contributed by atoms with Crippen LogP contribution in [-0.2, 0) is 23.9 Å². The van der Waals surface area contributed by atoms with Crippen LogP contribution in [0.1, 0.15) is 23.2 Å². The summed E-state index contributed by atoms with van der Waals surface area (Å²) in [6.45, 7) is -0.515. The zero-order valence-electron chi connectivity index (χ0n) is 15.9. The van der Waals surface area contributed by atoms with Gasteiger partial charge in [-0.15, -0.1) is 0 Å². The van der Waals surface area contributed by atoms with Crippen molar-refractivity contribution in [3.8, 4) is 0 Å². The summed E-state index contributed by atoms with van der Waals surface area (Å²) >= 11 is 11.8. The Labute approximate surface area is 182 Å². The number of amides is 2. The Hall–Kier alpha value is -3.10. The second-order valence-electron chi connectivity index (χ2n) is 5.95. The molecule has 158 valence electrons. The number of ether oxygens (including phenoxy) is 2. The molecule has 0 spiro atoms. The summed E-state index contributed by atoms with van der Waals surface area (Å²) in [4.78, 5) is 46.9. The van der Waals surface area contributed by atoms with E-state index in [-0.39, 0.29) is 12.8 Å². The van der Waals surface area contributed by atoms with Crippen LogP contribution in [0.2, 0.25) is 10.0 Å². The van der Waals surface area contributed by atoms with Crippen molar-refractivity contribution < 1.29 is 28.7 Å². The van der Waals surface area contributed by atoms with E-state index in [4.69, 9.17) is 27.9 Å². The Morgan fingerprint density at radius 1 is 0.900 bits per heavy atom. The molecular weight excluding hydrogens is 435 g/mol. The largest absolute Gasteiger partial charge is 0.465 e. The molecule has 0 bridgehead atoms. The van der Waals surface area contributed by atoms with Crippen LogP contribution in [0.4, 0.5) is 11.4 Å². The minimum absolute atomic E-state index is 0.154. The van der Waals surface area contributed by atoms with Gasteiger partial charge in [0, 0.05) is 17.1 Å². The van der Waals surface area contributed by atoms with E-state index in [1.165, 1.54) is 43.5 Å². The lowest BCUT2D eigenvalue weighted by Crippen LogP contribution is -2.21. The number of hydrogen-bond donors (Lipinski definition) is 2. The van der Waals surface area contributed by atoms with E-state index in [1.54, 1.807) is 6.07 Å². The van der Waals surface area contributed by atoms with Gasteiger partial charge in [0.1, 0.15) is 0 Å². The van der Waals surface area contributed by atoms with E-state index in [9.17, 15) is 19.2 Å². The molecule has 2 aromatic rings. The Kier molecular flexibility index (Phi) is 8.64. The molecule has 0 heterocycles. The molecule has 8 nitrogen and oxygen atoms in total. The quantitative estimate of drug-likeness (QED) is 0.590. The topological polar surface area (TPSA) is 111 Å². The second-order valence-corrected chi connectivity index (χ2v) is 6.79. The number of esters is 2. The van der Waals surface area contributed by atoms with Crippen molar-refractivity contribution in [2.24, 2.45) is 0 Å². The molecule has 2 amide bonds. The van der Waals surface area contributed by atoms with E-state index >= 15 is 0 Å². The zero-order chi connectivity index (χ0) is 22.1. The molecule has 0 unspecified atom stereocenters. The maximum absolute atomic E-state index is 11.9. The van der Waals surface area contributed by atoms with Crippen molar-refractivity contribution in [1.82, 2.24) is 0 Å². The summed E-state index contributed by atoms with van der Waals surface area (Å²) in [5.41, 5.74) is 1.08. The molecule has 0 saturated heterocycles. The van der Waals surface area contributed by atoms with Gasteiger partial charge in [-0.2, -0.15) is 0 Å². The first-order valence-electron chi connectivity index (χ1n) is 8.67. The molecule has 0 saturated carbocycles. The van der Waals surface area contributed by atoms with E-state index < -0.39 is 30.4 Å². The standard InChI is InChI=1S/C20H18Cl2N2O6/c1-29-20(28)12-2-5-14(6-3-12)23-18(26)11-30-19(27)9-8-17(25)24-16-10-13(21)4-7-15(16)22/h2-7,10H,8-9,11H2,1H3,(H,23,26)(H,24,25). The molecule has 0 aliphatic heterocycles. The first-order chi connectivity index (χ1) is 14.3. The maximum atomic E-state index is 11.9. The number of nitrogens with one attached hydrogen (secondary N) is 2. The molecule has 0 aliphatic rings. The predicted octanol–water partition coefficient (Wildman–Crippen LogP) is 3.68. The molecule has 0 aliphatic carbocycles. The molecule has 2 rings (SSSR count). The van der Waals surface area contributed by atoms with Crippen molar-refractivity contribution in [3.63, 3.8) is 0 Å². The van der Waals surface area contributed by atoms with Crippen LogP contribution in [0.15, 0.2) is 42.5 Å². The van der Waals surface area contributed by atoms with Gasteiger partial charge < -0.3 is 20.1 Å². The van der Waals surface area contributed by atoms with Crippen LogP contribution >= 0.6 is 23.2 Å². The lowest BCUT2D eigenvalue weighted by molar-refractivity contribution is -0.147.